The number of imidazole rings is 1. The van der Waals surface area contributed by atoms with Crippen LogP contribution in [-0.2, 0) is 7.05 Å². The molecule has 0 atom stereocenters. The highest BCUT2D eigenvalue weighted by molar-refractivity contribution is 5.92. The molecule has 6 nitrogen and oxygen atoms in total. The number of rotatable bonds is 3. The van der Waals surface area contributed by atoms with Crippen molar-refractivity contribution < 1.29 is 4.39 Å². The first kappa shape index (κ1) is 17.1. The van der Waals surface area contributed by atoms with Gasteiger partial charge in [-0.15, -0.1) is 0 Å². The Morgan fingerprint density at radius 3 is 2.59 bits per heavy atom. The fraction of sp³-hybridized carbons (Fsp3) is 0.200. The lowest BCUT2D eigenvalue weighted by Crippen LogP contribution is -2.23. The van der Waals surface area contributed by atoms with Crippen LogP contribution < -0.4 is 11.4 Å². The SMILES string of the molecule is CC(C)n1c(=O)n(C)c2cc(-c3c(N)n[nH]c3-c3cccc(F)c3)ccc21. The largest absolute Gasteiger partial charge is 0.382 e. The molecule has 0 aliphatic heterocycles. The second-order valence-electron chi connectivity index (χ2n) is 6.88. The van der Waals surface area contributed by atoms with Crippen LogP contribution in [0, 0.1) is 5.82 Å². The van der Waals surface area contributed by atoms with Crippen molar-refractivity contribution in [2.24, 2.45) is 7.05 Å². The minimum atomic E-state index is -0.335. The lowest BCUT2D eigenvalue weighted by Gasteiger charge is -2.08. The Kier molecular flexibility index (Phi) is 3.87. The standard InChI is InChI=1S/C20H20FN5O/c1-11(2)26-15-8-7-12(10-16(15)25(3)20(26)27)17-18(23-24-19(17)22)13-5-4-6-14(21)9-13/h4-11H,1-3H3,(H3,22,23,24). The summed E-state index contributed by atoms with van der Waals surface area (Å²) in [6.07, 6.45) is 0. The first-order valence-electron chi connectivity index (χ1n) is 8.69. The third-order valence-electron chi connectivity index (χ3n) is 4.80. The van der Waals surface area contributed by atoms with Crippen molar-refractivity contribution in [2.45, 2.75) is 19.9 Å². The van der Waals surface area contributed by atoms with Crippen LogP contribution in [0.2, 0.25) is 0 Å². The molecule has 0 unspecified atom stereocenters. The molecular formula is C20H20FN5O. The number of benzene rings is 2. The van der Waals surface area contributed by atoms with Gasteiger partial charge >= 0.3 is 5.69 Å². The molecule has 0 fully saturated rings. The summed E-state index contributed by atoms with van der Waals surface area (Å²) in [6, 6.07) is 12.0. The van der Waals surface area contributed by atoms with Crippen molar-refractivity contribution in [1.82, 2.24) is 19.3 Å². The maximum Gasteiger partial charge on any atom is 0.329 e. The minimum absolute atomic E-state index is 0.0499. The topological polar surface area (TPSA) is 81.6 Å². The highest BCUT2D eigenvalue weighted by atomic mass is 19.1. The number of aromatic nitrogens is 4. The van der Waals surface area contributed by atoms with E-state index in [1.165, 1.54) is 12.1 Å². The third kappa shape index (κ3) is 2.63. The molecule has 0 bridgehead atoms. The van der Waals surface area contributed by atoms with E-state index in [9.17, 15) is 9.18 Å². The van der Waals surface area contributed by atoms with Crippen LogP contribution in [-0.4, -0.2) is 19.3 Å². The molecular weight excluding hydrogens is 345 g/mol. The smallest absolute Gasteiger partial charge is 0.329 e. The molecule has 4 rings (SSSR count). The van der Waals surface area contributed by atoms with E-state index in [0.717, 1.165) is 16.6 Å². The van der Waals surface area contributed by atoms with Crippen molar-refractivity contribution in [3.05, 3.63) is 58.8 Å². The van der Waals surface area contributed by atoms with Gasteiger partial charge in [-0.1, -0.05) is 18.2 Å². The zero-order valence-corrected chi connectivity index (χ0v) is 15.3. The van der Waals surface area contributed by atoms with E-state index in [1.807, 2.05) is 32.0 Å². The first-order valence-corrected chi connectivity index (χ1v) is 8.69. The van der Waals surface area contributed by atoms with Crippen LogP contribution in [0.5, 0.6) is 0 Å². The van der Waals surface area contributed by atoms with E-state index in [0.29, 0.717) is 22.6 Å². The van der Waals surface area contributed by atoms with Crippen molar-refractivity contribution >= 4 is 16.9 Å². The molecule has 0 amide bonds. The van der Waals surface area contributed by atoms with E-state index >= 15 is 0 Å². The summed E-state index contributed by atoms with van der Waals surface area (Å²) in [6.45, 7) is 3.95. The predicted molar refractivity (Wildman–Crippen MR) is 105 cm³/mol. The van der Waals surface area contributed by atoms with Gasteiger partial charge in [-0.3, -0.25) is 14.2 Å². The number of hydrogen-bond acceptors (Lipinski definition) is 3. The molecule has 4 aromatic rings. The summed E-state index contributed by atoms with van der Waals surface area (Å²) in [4.78, 5) is 12.6. The van der Waals surface area contributed by atoms with Crippen molar-refractivity contribution in [2.75, 3.05) is 5.73 Å². The number of nitrogens with zero attached hydrogens (tertiary/aromatic N) is 3. The minimum Gasteiger partial charge on any atom is -0.382 e. The van der Waals surface area contributed by atoms with Gasteiger partial charge in [0.05, 0.1) is 22.3 Å². The van der Waals surface area contributed by atoms with Gasteiger partial charge in [0.25, 0.3) is 0 Å². The molecule has 7 heteroatoms. The Morgan fingerprint density at radius 2 is 1.89 bits per heavy atom. The van der Waals surface area contributed by atoms with Gasteiger partial charge < -0.3 is 5.73 Å². The van der Waals surface area contributed by atoms with Gasteiger partial charge in [0.2, 0.25) is 0 Å². The first-order chi connectivity index (χ1) is 12.9. The summed E-state index contributed by atoms with van der Waals surface area (Å²) >= 11 is 0. The van der Waals surface area contributed by atoms with Crippen LogP contribution in [0.1, 0.15) is 19.9 Å². The van der Waals surface area contributed by atoms with E-state index in [2.05, 4.69) is 10.2 Å². The molecule has 2 heterocycles. The molecule has 0 aliphatic carbocycles. The summed E-state index contributed by atoms with van der Waals surface area (Å²) in [5.74, 6) is -0.0135. The van der Waals surface area contributed by atoms with E-state index in [-0.39, 0.29) is 17.5 Å². The molecule has 2 aromatic carbocycles. The molecule has 3 N–H and O–H groups in total. The molecule has 27 heavy (non-hydrogen) atoms. The quantitative estimate of drug-likeness (QED) is 0.581. The summed E-state index contributed by atoms with van der Waals surface area (Å²) in [7, 11) is 1.75. The van der Waals surface area contributed by atoms with Crippen LogP contribution in [0.4, 0.5) is 10.2 Å². The van der Waals surface area contributed by atoms with Crippen LogP contribution in [0.3, 0.4) is 0 Å². The van der Waals surface area contributed by atoms with Gasteiger partial charge in [0, 0.05) is 18.7 Å². The van der Waals surface area contributed by atoms with Crippen LogP contribution in [0.25, 0.3) is 33.4 Å². The zero-order chi connectivity index (χ0) is 19.3. The average molecular weight is 365 g/mol. The second kappa shape index (κ2) is 6.12. The Bertz CT molecular complexity index is 1220. The van der Waals surface area contributed by atoms with Crippen LogP contribution in [0.15, 0.2) is 47.3 Å². The van der Waals surface area contributed by atoms with E-state index in [4.69, 9.17) is 5.73 Å². The number of aryl methyl sites for hydroxylation is 1. The fourth-order valence-electron chi connectivity index (χ4n) is 3.52. The monoisotopic (exact) mass is 365 g/mol. The average Bonchev–Trinajstić information content (AvgIpc) is 3.13. The Balaban J connectivity index is 1.95. The number of halogens is 1. The fourth-order valence-corrected chi connectivity index (χ4v) is 3.52. The van der Waals surface area contributed by atoms with Gasteiger partial charge in [-0.05, 0) is 43.7 Å². The van der Waals surface area contributed by atoms with Gasteiger partial charge in [-0.2, -0.15) is 5.10 Å². The summed E-state index contributed by atoms with van der Waals surface area (Å²) in [5.41, 5.74) is 10.5. The van der Waals surface area contributed by atoms with E-state index in [1.54, 1.807) is 28.3 Å². The van der Waals surface area contributed by atoms with Crippen LogP contribution >= 0.6 is 0 Å². The van der Waals surface area contributed by atoms with Gasteiger partial charge in [0.1, 0.15) is 5.82 Å². The highest BCUT2D eigenvalue weighted by Gasteiger charge is 2.18. The molecule has 0 spiro atoms. The Morgan fingerprint density at radius 1 is 1.11 bits per heavy atom. The lowest BCUT2D eigenvalue weighted by atomic mass is 10.00. The van der Waals surface area contributed by atoms with Gasteiger partial charge in [0.15, 0.2) is 5.82 Å². The molecule has 2 aromatic heterocycles. The second-order valence-corrected chi connectivity index (χ2v) is 6.88. The zero-order valence-electron chi connectivity index (χ0n) is 15.3. The molecule has 0 radical (unpaired) electrons. The number of nitrogen functional groups attached to an aromatic ring is 1. The Labute approximate surface area is 155 Å². The van der Waals surface area contributed by atoms with Crippen molar-refractivity contribution in [3.8, 4) is 22.4 Å². The Hall–Kier alpha value is -3.35. The number of aromatic amines is 1. The van der Waals surface area contributed by atoms with Crippen molar-refractivity contribution in [3.63, 3.8) is 0 Å². The summed E-state index contributed by atoms with van der Waals surface area (Å²) < 4.78 is 17.0. The lowest BCUT2D eigenvalue weighted by molar-refractivity contribution is 0.583. The van der Waals surface area contributed by atoms with E-state index < -0.39 is 0 Å². The van der Waals surface area contributed by atoms with Gasteiger partial charge in [-0.25, -0.2) is 9.18 Å². The summed E-state index contributed by atoms with van der Waals surface area (Å²) in [5, 5.41) is 7.01. The maximum absolute atomic E-state index is 13.7. The number of nitrogens with two attached hydrogens (primary N) is 1. The number of hydrogen-bond donors (Lipinski definition) is 2. The van der Waals surface area contributed by atoms with Crippen molar-refractivity contribution in [1.29, 1.82) is 0 Å². The molecule has 0 saturated heterocycles. The third-order valence-corrected chi connectivity index (χ3v) is 4.80. The number of nitrogens with one attached hydrogen (secondary N) is 1. The predicted octanol–water partition coefficient (Wildman–Crippen LogP) is 3.70. The number of anilines is 1. The highest BCUT2D eigenvalue weighted by Crippen LogP contribution is 2.36. The number of fused-ring (bicyclic) bond motifs is 1. The normalized spacial score (nSPS) is 11.6. The molecule has 0 aliphatic rings. The number of H-pyrrole nitrogens is 1. The maximum atomic E-state index is 13.7. The molecule has 138 valence electrons. The molecule has 0 saturated carbocycles.